The summed E-state index contributed by atoms with van der Waals surface area (Å²) in [4.78, 5) is 0. The van der Waals surface area contributed by atoms with Crippen molar-refractivity contribution in [1.82, 2.24) is 0 Å². The van der Waals surface area contributed by atoms with E-state index in [1.165, 1.54) is 0 Å². The Labute approximate surface area is 158 Å². The average molecular weight is 316 g/mol. The van der Waals surface area contributed by atoms with Gasteiger partial charge in [0.15, 0.2) is 0 Å². The first kappa shape index (κ1) is 5.19. The summed E-state index contributed by atoms with van der Waals surface area (Å²) < 4.78 is 120. The summed E-state index contributed by atoms with van der Waals surface area (Å²) in [5.74, 6) is 0. The first-order valence-corrected chi connectivity index (χ1v) is 7.25. The van der Waals surface area contributed by atoms with Gasteiger partial charge in [0, 0.05) is 0 Å². The van der Waals surface area contributed by atoms with Crippen molar-refractivity contribution in [2.75, 3.05) is 0 Å². The molecule has 0 radical (unpaired) electrons. The lowest BCUT2D eigenvalue weighted by Gasteiger charge is -2.15. The molecule has 0 amide bonds. The molecule has 24 heavy (non-hydrogen) atoms. The molecule has 0 aliphatic carbocycles. The van der Waals surface area contributed by atoms with Crippen LogP contribution in [0.1, 0.15) is 19.2 Å². The van der Waals surface area contributed by atoms with Crippen molar-refractivity contribution in [2.24, 2.45) is 0 Å². The Morgan fingerprint density at radius 3 is 1.71 bits per heavy atom. The molecular weight excluding hydrogens is 288 g/mol. The third-order valence-corrected chi connectivity index (χ3v) is 4.31. The summed E-state index contributed by atoms with van der Waals surface area (Å²) in [6, 6.07) is -7.91. The highest BCUT2D eigenvalue weighted by atomic mass is 14.2. The van der Waals surface area contributed by atoms with Crippen LogP contribution in [-0.2, 0) is 0 Å². The van der Waals surface area contributed by atoms with E-state index in [9.17, 15) is 0 Å². The third kappa shape index (κ3) is 1.39. The van der Waals surface area contributed by atoms with Gasteiger partial charge in [0.05, 0.1) is 19.2 Å². The second-order valence-corrected chi connectivity index (χ2v) is 5.50. The minimum Gasteiger partial charge on any atom is -0.0616 e. The van der Waals surface area contributed by atoms with Crippen molar-refractivity contribution in [3.8, 4) is 0 Å². The SMILES string of the molecule is [2H]c1c([2H])c([2H])c2c(c1[2H])c([2H])c1c3c([2H])c([2H])c([2H])c4c([2H])c([2H])c([2H])c(c5c([2H])c([2H])c([2H])c2c51)c43. The lowest BCUT2D eigenvalue weighted by atomic mass is 9.88. The normalized spacial score (nSPS) is 20.3. The molecule has 0 nitrogen and oxygen atoms in total. The summed E-state index contributed by atoms with van der Waals surface area (Å²) in [5, 5.41) is -1.61. The van der Waals surface area contributed by atoms with E-state index in [0.717, 1.165) is 0 Å². The molecule has 0 N–H and O–H groups in total. The average Bonchev–Trinajstić information content (AvgIpc) is 2.89. The summed E-state index contributed by atoms with van der Waals surface area (Å²) in [5.41, 5.74) is 0. The van der Waals surface area contributed by atoms with Crippen LogP contribution in [0.15, 0.2) is 84.6 Å². The molecule has 0 aliphatic rings. The second-order valence-electron chi connectivity index (χ2n) is 5.50. The molecule has 0 saturated carbocycles. The lowest BCUT2D eigenvalue weighted by molar-refractivity contribution is 1.78. The minimum atomic E-state index is -0.631. The number of hydrogen-bond acceptors (Lipinski definition) is 0. The number of fused-ring (bicyclic) bond motifs is 4. The van der Waals surface area contributed by atoms with E-state index in [4.69, 9.17) is 19.2 Å². The van der Waals surface area contributed by atoms with Gasteiger partial charge in [-0.1, -0.05) is 78.6 Å². The molecule has 6 aromatic rings. The van der Waals surface area contributed by atoms with Crippen LogP contribution < -0.4 is 0 Å². The first-order chi connectivity index (χ1) is 17.7. The summed E-state index contributed by atoms with van der Waals surface area (Å²) >= 11 is 0. The Morgan fingerprint density at radius 1 is 0.417 bits per heavy atom. The highest BCUT2D eigenvalue weighted by molar-refractivity contribution is 6.36. The van der Waals surface area contributed by atoms with E-state index in [-0.39, 0.29) is 53.9 Å². The molecule has 0 aliphatic heterocycles. The van der Waals surface area contributed by atoms with Crippen LogP contribution in [0.5, 0.6) is 0 Å². The van der Waals surface area contributed by atoms with Gasteiger partial charge >= 0.3 is 0 Å². The van der Waals surface area contributed by atoms with E-state index in [1.807, 2.05) is 0 Å². The zero-order chi connectivity index (χ0) is 27.9. The lowest BCUT2D eigenvalue weighted by Crippen LogP contribution is -1.87. The van der Waals surface area contributed by atoms with Gasteiger partial charge in [-0.3, -0.25) is 0 Å². The highest BCUT2D eigenvalue weighted by Gasteiger charge is 2.13. The standard InChI is InChI=1S/C24H14/c1-2-9-17-16(6-1)14-22-21-11-4-8-15-7-3-10-19(23(15)21)20-13-5-12-18(17)24(20)22/h1-14H/i1D,2D,3D,4D,5D,6D,7D,8D,9D,10D,11D,12D,13D,14D. The van der Waals surface area contributed by atoms with Crippen LogP contribution in [-0.4, -0.2) is 0 Å². The fraction of sp³-hybridized carbons (Fsp3) is 0. The first-order valence-electron chi connectivity index (χ1n) is 14.2. The molecule has 6 rings (SSSR count). The molecule has 0 unspecified atom stereocenters. The largest absolute Gasteiger partial charge is 0.0636 e. The fourth-order valence-electron chi connectivity index (χ4n) is 3.34. The highest BCUT2D eigenvalue weighted by Crippen LogP contribution is 2.42. The molecule has 0 bridgehead atoms. The molecule has 0 heterocycles. The van der Waals surface area contributed by atoms with E-state index in [0.29, 0.717) is 0 Å². The molecule has 0 spiro atoms. The van der Waals surface area contributed by atoms with E-state index in [1.54, 1.807) is 0 Å². The van der Waals surface area contributed by atoms with Crippen molar-refractivity contribution >= 4 is 53.9 Å². The molecule has 110 valence electrons. The van der Waals surface area contributed by atoms with Crippen molar-refractivity contribution in [3.63, 3.8) is 0 Å². The van der Waals surface area contributed by atoms with Gasteiger partial charge in [-0.2, -0.15) is 0 Å². The topological polar surface area (TPSA) is 0 Å². The summed E-state index contributed by atoms with van der Waals surface area (Å²) in [6.45, 7) is 0. The number of hydrogen-bond donors (Lipinski definition) is 0. The van der Waals surface area contributed by atoms with Crippen molar-refractivity contribution < 1.29 is 19.2 Å². The smallest absolute Gasteiger partial charge is 0.0616 e. The Balaban J connectivity index is 2.24. The predicted octanol–water partition coefficient (Wildman–Crippen LogP) is 6.89. The molecule has 0 heteroatoms. The fourth-order valence-corrected chi connectivity index (χ4v) is 3.34. The molecule has 6 aromatic carbocycles. The van der Waals surface area contributed by atoms with E-state index < -0.39 is 84.6 Å². The van der Waals surface area contributed by atoms with Crippen molar-refractivity contribution in [3.05, 3.63) is 84.6 Å². The predicted molar refractivity (Wildman–Crippen MR) is 105 cm³/mol. The quantitative estimate of drug-likeness (QED) is 0.211. The molecule has 0 atom stereocenters. The van der Waals surface area contributed by atoms with Crippen LogP contribution in [0.25, 0.3) is 53.9 Å². The molecule has 0 saturated heterocycles. The maximum absolute atomic E-state index is 9.09. The van der Waals surface area contributed by atoms with Gasteiger partial charge in [0.2, 0.25) is 0 Å². The number of rotatable bonds is 0. The van der Waals surface area contributed by atoms with Crippen LogP contribution in [0, 0.1) is 0 Å². The zero-order valence-corrected chi connectivity index (χ0v) is 12.0. The Hall–Kier alpha value is -3.12. The van der Waals surface area contributed by atoms with Crippen LogP contribution in [0.4, 0.5) is 0 Å². The van der Waals surface area contributed by atoms with Gasteiger partial charge in [-0.05, 0) is 59.9 Å². The molecule has 0 fully saturated rings. The Kier molecular flexibility index (Phi) is 0.917. The van der Waals surface area contributed by atoms with Crippen molar-refractivity contribution in [2.45, 2.75) is 0 Å². The molecule has 0 aromatic heterocycles. The van der Waals surface area contributed by atoms with Crippen LogP contribution in [0.3, 0.4) is 0 Å². The van der Waals surface area contributed by atoms with Gasteiger partial charge in [-0.25, -0.2) is 0 Å². The maximum atomic E-state index is 9.09. The Morgan fingerprint density at radius 2 is 0.917 bits per heavy atom. The monoisotopic (exact) mass is 316 g/mol. The summed E-state index contributed by atoms with van der Waals surface area (Å²) in [7, 11) is 0. The van der Waals surface area contributed by atoms with Gasteiger partial charge in [0.1, 0.15) is 0 Å². The van der Waals surface area contributed by atoms with Crippen molar-refractivity contribution in [1.29, 1.82) is 0 Å². The number of benzene rings is 6. The van der Waals surface area contributed by atoms with E-state index >= 15 is 0 Å². The van der Waals surface area contributed by atoms with Crippen LogP contribution in [0.2, 0.25) is 0 Å². The zero-order valence-electron chi connectivity index (χ0n) is 26.0. The van der Waals surface area contributed by atoms with E-state index in [2.05, 4.69) is 0 Å². The van der Waals surface area contributed by atoms with Gasteiger partial charge < -0.3 is 0 Å². The Bertz CT molecular complexity index is 2100. The maximum Gasteiger partial charge on any atom is 0.0636 e. The van der Waals surface area contributed by atoms with Crippen LogP contribution >= 0.6 is 0 Å². The minimum absolute atomic E-state index is 0.0661. The van der Waals surface area contributed by atoms with Gasteiger partial charge in [0.25, 0.3) is 0 Å². The third-order valence-electron chi connectivity index (χ3n) is 4.31. The molecular formula is C24H14. The van der Waals surface area contributed by atoms with Gasteiger partial charge in [-0.15, -0.1) is 0 Å². The second kappa shape index (κ2) is 4.24. The summed E-state index contributed by atoms with van der Waals surface area (Å²) in [6.07, 6.45) is 0.